The Balaban J connectivity index is 1.60. The largest absolute Gasteiger partial charge is 0.346 e. The summed E-state index contributed by atoms with van der Waals surface area (Å²) in [4.78, 5) is 7.89. The summed E-state index contributed by atoms with van der Waals surface area (Å²) < 4.78 is 0. The monoisotopic (exact) mass is 262 g/mol. The van der Waals surface area contributed by atoms with Crippen LogP contribution in [0.4, 0.5) is 0 Å². The summed E-state index contributed by atoms with van der Waals surface area (Å²) in [6.45, 7) is 0. The molecule has 0 saturated carbocycles. The van der Waals surface area contributed by atoms with Crippen LogP contribution in [0.25, 0.3) is 0 Å². The number of hydrogen-bond acceptors (Lipinski definition) is 1. The summed E-state index contributed by atoms with van der Waals surface area (Å²) in [7, 11) is 0. The fourth-order valence-corrected chi connectivity index (χ4v) is 2.35. The third-order valence-electron chi connectivity index (χ3n) is 3.41. The maximum Gasteiger partial charge on any atom is 0.106 e. The van der Waals surface area contributed by atoms with Crippen LogP contribution < -0.4 is 0 Å². The normalized spacial score (nSPS) is 10.6. The Hall–Kier alpha value is -2.35. The molecule has 0 aliphatic carbocycles. The second-order valence-corrected chi connectivity index (χ2v) is 5.00. The number of nitrogens with zero attached hydrogens (tertiary/aromatic N) is 1. The molecule has 3 rings (SSSR count). The summed E-state index contributed by atoms with van der Waals surface area (Å²) in [5.41, 5.74) is 3.85. The molecular formula is C18H18N2. The molecule has 1 heterocycles. The summed E-state index contributed by atoms with van der Waals surface area (Å²) in [5.74, 6) is 1.07. The maximum absolute atomic E-state index is 4.47. The topological polar surface area (TPSA) is 28.7 Å². The lowest BCUT2D eigenvalue weighted by molar-refractivity contribution is 0.877. The first-order chi connectivity index (χ1) is 9.90. The van der Waals surface area contributed by atoms with Gasteiger partial charge in [0.1, 0.15) is 5.82 Å². The van der Waals surface area contributed by atoms with Crippen molar-refractivity contribution < 1.29 is 0 Å². The molecule has 0 spiro atoms. The van der Waals surface area contributed by atoms with E-state index in [1.165, 1.54) is 16.8 Å². The molecule has 0 aliphatic rings. The number of nitrogens with one attached hydrogen (secondary N) is 1. The molecule has 0 radical (unpaired) electrons. The first-order valence-corrected chi connectivity index (χ1v) is 7.01. The zero-order valence-corrected chi connectivity index (χ0v) is 11.4. The van der Waals surface area contributed by atoms with Crippen LogP contribution in [0.15, 0.2) is 66.9 Å². The highest BCUT2D eigenvalue weighted by Gasteiger charge is 2.02. The Morgan fingerprint density at radius 3 is 2.10 bits per heavy atom. The number of imidazole rings is 1. The number of aromatic amines is 1. The predicted octanol–water partition coefficient (Wildman–Crippen LogP) is 3.79. The Labute approximate surface area is 119 Å². The highest BCUT2D eigenvalue weighted by atomic mass is 14.9. The minimum Gasteiger partial charge on any atom is -0.346 e. The van der Waals surface area contributed by atoms with E-state index in [-0.39, 0.29) is 0 Å². The molecule has 1 aromatic heterocycles. The van der Waals surface area contributed by atoms with Crippen molar-refractivity contribution in [3.05, 3.63) is 89.5 Å². The average Bonchev–Trinajstić information content (AvgIpc) is 2.95. The van der Waals surface area contributed by atoms with E-state index in [0.717, 1.165) is 25.1 Å². The van der Waals surface area contributed by atoms with Gasteiger partial charge in [-0.05, 0) is 17.5 Å². The molecule has 2 aromatic carbocycles. The van der Waals surface area contributed by atoms with Gasteiger partial charge in [-0.3, -0.25) is 0 Å². The first-order valence-electron chi connectivity index (χ1n) is 7.01. The van der Waals surface area contributed by atoms with Crippen molar-refractivity contribution >= 4 is 0 Å². The van der Waals surface area contributed by atoms with Crippen LogP contribution >= 0.6 is 0 Å². The van der Waals surface area contributed by atoms with Gasteiger partial charge in [-0.25, -0.2) is 4.98 Å². The molecule has 1 N–H and O–H groups in total. The van der Waals surface area contributed by atoms with Gasteiger partial charge in [0.15, 0.2) is 0 Å². The van der Waals surface area contributed by atoms with Crippen molar-refractivity contribution in [3.8, 4) is 0 Å². The number of H-pyrrole nitrogens is 1. The van der Waals surface area contributed by atoms with Crippen molar-refractivity contribution in [1.82, 2.24) is 9.97 Å². The standard InChI is InChI=1S/C18H18N2/c1-3-7-15(8-4-1)11-12-18-19-14-17(20-18)13-16-9-5-2-6-10-16/h1-10,14H,11-13H2,(H,19,20). The molecule has 20 heavy (non-hydrogen) atoms. The zero-order chi connectivity index (χ0) is 13.6. The quantitative estimate of drug-likeness (QED) is 0.744. The second-order valence-electron chi connectivity index (χ2n) is 5.00. The molecule has 0 saturated heterocycles. The Morgan fingerprint density at radius 2 is 1.40 bits per heavy atom. The predicted molar refractivity (Wildman–Crippen MR) is 81.7 cm³/mol. The number of benzene rings is 2. The van der Waals surface area contributed by atoms with Gasteiger partial charge in [0.25, 0.3) is 0 Å². The van der Waals surface area contributed by atoms with Crippen LogP contribution in [0.2, 0.25) is 0 Å². The van der Waals surface area contributed by atoms with Gasteiger partial charge in [-0.15, -0.1) is 0 Å². The molecule has 0 amide bonds. The Morgan fingerprint density at radius 1 is 0.750 bits per heavy atom. The van der Waals surface area contributed by atoms with Crippen LogP contribution in [-0.4, -0.2) is 9.97 Å². The molecule has 0 atom stereocenters. The number of hydrogen-bond donors (Lipinski definition) is 1. The van der Waals surface area contributed by atoms with Gasteiger partial charge in [0, 0.05) is 24.7 Å². The lowest BCUT2D eigenvalue weighted by atomic mass is 10.1. The zero-order valence-electron chi connectivity index (χ0n) is 11.4. The lowest BCUT2D eigenvalue weighted by Gasteiger charge is -1.99. The minimum absolute atomic E-state index is 0.916. The van der Waals surface area contributed by atoms with Crippen LogP contribution in [0.3, 0.4) is 0 Å². The van der Waals surface area contributed by atoms with Crippen molar-refractivity contribution in [1.29, 1.82) is 0 Å². The molecule has 2 heteroatoms. The summed E-state index contributed by atoms with van der Waals surface area (Å²) in [5, 5.41) is 0. The molecule has 0 fully saturated rings. The molecule has 0 bridgehead atoms. The van der Waals surface area contributed by atoms with Crippen molar-refractivity contribution in [2.45, 2.75) is 19.3 Å². The highest BCUT2D eigenvalue weighted by molar-refractivity contribution is 5.21. The smallest absolute Gasteiger partial charge is 0.106 e. The minimum atomic E-state index is 0.916. The number of aryl methyl sites for hydroxylation is 2. The first kappa shape index (κ1) is 12.7. The second kappa shape index (κ2) is 6.20. The van der Waals surface area contributed by atoms with E-state index >= 15 is 0 Å². The van der Waals surface area contributed by atoms with E-state index in [4.69, 9.17) is 0 Å². The van der Waals surface area contributed by atoms with E-state index in [0.29, 0.717) is 0 Å². The van der Waals surface area contributed by atoms with Crippen molar-refractivity contribution in [3.63, 3.8) is 0 Å². The lowest BCUT2D eigenvalue weighted by Crippen LogP contribution is -1.94. The molecule has 3 aromatic rings. The average molecular weight is 262 g/mol. The fourth-order valence-electron chi connectivity index (χ4n) is 2.35. The maximum atomic E-state index is 4.47. The van der Waals surface area contributed by atoms with Crippen LogP contribution in [0.1, 0.15) is 22.6 Å². The highest BCUT2D eigenvalue weighted by Crippen LogP contribution is 2.09. The van der Waals surface area contributed by atoms with E-state index in [1.54, 1.807) is 0 Å². The Bertz CT molecular complexity index is 641. The molecular weight excluding hydrogens is 244 g/mol. The molecule has 100 valence electrons. The van der Waals surface area contributed by atoms with E-state index in [9.17, 15) is 0 Å². The van der Waals surface area contributed by atoms with Gasteiger partial charge < -0.3 is 4.98 Å². The Kier molecular flexibility index (Phi) is 3.93. The van der Waals surface area contributed by atoms with E-state index in [1.807, 2.05) is 18.3 Å². The molecule has 2 nitrogen and oxygen atoms in total. The molecule has 0 aliphatic heterocycles. The SMILES string of the molecule is c1ccc(CCc2ncc(Cc3ccccc3)[nH]2)cc1. The van der Waals surface area contributed by atoms with Crippen LogP contribution in [0.5, 0.6) is 0 Å². The van der Waals surface area contributed by atoms with Crippen molar-refractivity contribution in [2.75, 3.05) is 0 Å². The van der Waals surface area contributed by atoms with Gasteiger partial charge in [0.05, 0.1) is 0 Å². The van der Waals surface area contributed by atoms with Gasteiger partial charge in [-0.2, -0.15) is 0 Å². The van der Waals surface area contributed by atoms with Crippen LogP contribution in [0, 0.1) is 0 Å². The number of rotatable bonds is 5. The fraction of sp³-hybridized carbons (Fsp3) is 0.167. The van der Waals surface area contributed by atoms with E-state index < -0.39 is 0 Å². The molecule has 0 unspecified atom stereocenters. The van der Waals surface area contributed by atoms with Gasteiger partial charge in [0.2, 0.25) is 0 Å². The third kappa shape index (κ3) is 3.35. The van der Waals surface area contributed by atoms with Crippen LogP contribution in [-0.2, 0) is 19.3 Å². The summed E-state index contributed by atoms with van der Waals surface area (Å²) >= 11 is 0. The van der Waals surface area contributed by atoms with E-state index in [2.05, 4.69) is 58.5 Å². The number of aromatic nitrogens is 2. The van der Waals surface area contributed by atoms with Gasteiger partial charge >= 0.3 is 0 Å². The third-order valence-corrected chi connectivity index (χ3v) is 3.41. The summed E-state index contributed by atoms with van der Waals surface area (Å²) in [6, 6.07) is 21.0. The van der Waals surface area contributed by atoms with Gasteiger partial charge in [-0.1, -0.05) is 60.7 Å². The summed E-state index contributed by atoms with van der Waals surface area (Å²) in [6.07, 6.45) is 4.85. The van der Waals surface area contributed by atoms with Crippen molar-refractivity contribution in [2.24, 2.45) is 0 Å².